The second kappa shape index (κ2) is 2.94. The van der Waals surface area contributed by atoms with Crippen LogP contribution in [-0.2, 0) is 0 Å². The van der Waals surface area contributed by atoms with Gasteiger partial charge in [0.05, 0.1) is 5.69 Å². The van der Waals surface area contributed by atoms with E-state index in [0.717, 1.165) is 22.3 Å². The molecule has 0 aliphatic rings. The number of aryl methyl sites for hydroxylation is 2. The lowest BCUT2D eigenvalue weighted by Gasteiger charge is -1.96. The number of Topliss-reactive ketones (excluding diaryl/α,β-unsaturated/α-hetero) is 1. The summed E-state index contributed by atoms with van der Waals surface area (Å²) in [5.41, 5.74) is 3.54. The number of H-pyrrole nitrogens is 1. The van der Waals surface area contributed by atoms with Gasteiger partial charge in [0.1, 0.15) is 5.65 Å². The van der Waals surface area contributed by atoms with Crippen molar-refractivity contribution in [3.05, 3.63) is 29.1 Å². The van der Waals surface area contributed by atoms with Gasteiger partial charge >= 0.3 is 0 Å². The molecule has 1 N–H and O–H groups in total. The van der Waals surface area contributed by atoms with E-state index in [-0.39, 0.29) is 5.78 Å². The van der Waals surface area contributed by atoms with Gasteiger partial charge in [-0.15, -0.1) is 0 Å². The van der Waals surface area contributed by atoms with Gasteiger partial charge in [0.2, 0.25) is 0 Å². The number of carbonyl (C=O) groups excluding carboxylic acids is 1. The molecule has 0 atom stereocenters. The number of ketones is 1. The van der Waals surface area contributed by atoms with E-state index in [1.165, 1.54) is 0 Å². The van der Waals surface area contributed by atoms with Crippen molar-refractivity contribution in [1.29, 1.82) is 0 Å². The molecule has 0 saturated carbocycles. The van der Waals surface area contributed by atoms with Crippen LogP contribution in [0, 0.1) is 13.8 Å². The second-order valence-electron chi connectivity index (χ2n) is 3.58. The molecule has 2 aromatic rings. The van der Waals surface area contributed by atoms with Gasteiger partial charge < -0.3 is 4.98 Å². The zero-order valence-corrected chi connectivity index (χ0v) is 8.51. The first-order valence-electron chi connectivity index (χ1n) is 4.56. The number of rotatable bonds is 1. The van der Waals surface area contributed by atoms with Crippen LogP contribution < -0.4 is 0 Å². The zero-order chi connectivity index (χ0) is 10.3. The second-order valence-corrected chi connectivity index (χ2v) is 3.58. The first-order chi connectivity index (χ1) is 6.58. The third-order valence-corrected chi connectivity index (χ3v) is 2.31. The number of pyridine rings is 1. The van der Waals surface area contributed by atoms with Gasteiger partial charge in [-0.1, -0.05) is 0 Å². The molecular weight excluding hydrogens is 176 g/mol. The van der Waals surface area contributed by atoms with Crippen LogP contribution in [-0.4, -0.2) is 15.8 Å². The van der Waals surface area contributed by atoms with E-state index in [1.54, 1.807) is 6.92 Å². The first-order valence-corrected chi connectivity index (χ1v) is 4.56. The molecule has 0 aliphatic carbocycles. The minimum Gasteiger partial charge on any atom is -0.337 e. The molecule has 2 heterocycles. The number of nitrogens with one attached hydrogen (secondary N) is 1. The van der Waals surface area contributed by atoms with Gasteiger partial charge in [-0.25, -0.2) is 4.98 Å². The van der Waals surface area contributed by atoms with E-state index < -0.39 is 0 Å². The number of carbonyl (C=O) groups is 1. The highest BCUT2D eigenvalue weighted by molar-refractivity contribution is 5.97. The molecule has 0 amide bonds. The van der Waals surface area contributed by atoms with E-state index in [2.05, 4.69) is 9.97 Å². The molecule has 3 heteroatoms. The van der Waals surface area contributed by atoms with Gasteiger partial charge in [-0.05, 0) is 31.5 Å². The van der Waals surface area contributed by atoms with Crippen molar-refractivity contribution < 1.29 is 4.79 Å². The van der Waals surface area contributed by atoms with Crippen LogP contribution in [0.25, 0.3) is 11.0 Å². The van der Waals surface area contributed by atoms with Crippen LogP contribution in [0.1, 0.15) is 28.7 Å². The summed E-state index contributed by atoms with van der Waals surface area (Å²) in [7, 11) is 0. The third-order valence-electron chi connectivity index (χ3n) is 2.31. The average Bonchev–Trinajstić information content (AvgIpc) is 2.47. The van der Waals surface area contributed by atoms with Crippen molar-refractivity contribution in [2.75, 3.05) is 0 Å². The fraction of sp³-hybridized carbons (Fsp3) is 0.273. The molecular formula is C11H12N2O. The Hall–Kier alpha value is -1.64. The topological polar surface area (TPSA) is 45.8 Å². The van der Waals surface area contributed by atoms with Crippen LogP contribution in [0.15, 0.2) is 12.1 Å². The normalized spacial score (nSPS) is 10.8. The molecule has 0 saturated heterocycles. The highest BCUT2D eigenvalue weighted by atomic mass is 16.1. The Morgan fingerprint density at radius 2 is 2.07 bits per heavy atom. The van der Waals surface area contributed by atoms with Crippen LogP contribution in [0.3, 0.4) is 0 Å². The fourth-order valence-corrected chi connectivity index (χ4v) is 1.62. The number of aromatic amines is 1. The maximum Gasteiger partial charge on any atom is 0.176 e. The van der Waals surface area contributed by atoms with Gasteiger partial charge in [0, 0.05) is 18.0 Å². The Labute approximate surface area is 82.2 Å². The summed E-state index contributed by atoms with van der Waals surface area (Å²) in [4.78, 5) is 18.5. The number of fused-ring (bicyclic) bond motifs is 1. The van der Waals surface area contributed by atoms with Gasteiger partial charge in [-0.3, -0.25) is 4.79 Å². The maximum absolute atomic E-state index is 11.2. The molecule has 2 rings (SSSR count). The molecule has 0 bridgehead atoms. The lowest BCUT2D eigenvalue weighted by molar-refractivity contribution is 0.101. The number of hydrogen-bond acceptors (Lipinski definition) is 2. The Morgan fingerprint density at radius 1 is 1.36 bits per heavy atom. The standard InChI is InChI=1S/C11H12N2O/c1-6-4-7(2)12-11-9(6)5-10(13-11)8(3)14/h4-5H,1-3H3,(H,12,13). The molecule has 0 aliphatic heterocycles. The predicted molar refractivity (Wildman–Crippen MR) is 55.6 cm³/mol. The molecule has 14 heavy (non-hydrogen) atoms. The lowest BCUT2D eigenvalue weighted by Crippen LogP contribution is -1.90. The summed E-state index contributed by atoms with van der Waals surface area (Å²) >= 11 is 0. The van der Waals surface area contributed by atoms with Crippen LogP contribution in [0.4, 0.5) is 0 Å². The molecule has 0 radical (unpaired) electrons. The molecule has 3 nitrogen and oxygen atoms in total. The first kappa shape index (κ1) is 8.94. The van der Waals surface area contributed by atoms with Crippen molar-refractivity contribution in [2.24, 2.45) is 0 Å². The van der Waals surface area contributed by atoms with Gasteiger partial charge in [-0.2, -0.15) is 0 Å². The van der Waals surface area contributed by atoms with Crippen molar-refractivity contribution in [3.8, 4) is 0 Å². The summed E-state index contributed by atoms with van der Waals surface area (Å²) in [5.74, 6) is 0.0417. The summed E-state index contributed by atoms with van der Waals surface area (Å²) < 4.78 is 0. The monoisotopic (exact) mass is 188 g/mol. The van der Waals surface area contributed by atoms with E-state index in [0.29, 0.717) is 5.69 Å². The maximum atomic E-state index is 11.2. The van der Waals surface area contributed by atoms with Crippen LogP contribution in [0.5, 0.6) is 0 Å². The fourth-order valence-electron chi connectivity index (χ4n) is 1.62. The lowest BCUT2D eigenvalue weighted by atomic mass is 10.2. The Balaban J connectivity index is 2.76. The number of hydrogen-bond donors (Lipinski definition) is 1. The van der Waals surface area contributed by atoms with Crippen molar-refractivity contribution in [3.63, 3.8) is 0 Å². The highest BCUT2D eigenvalue weighted by Gasteiger charge is 2.07. The summed E-state index contributed by atoms with van der Waals surface area (Å²) in [6.07, 6.45) is 0. The predicted octanol–water partition coefficient (Wildman–Crippen LogP) is 2.38. The summed E-state index contributed by atoms with van der Waals surface area (Å²) in [6.45, 7) is 5.52. The third kappa shape index (κ3) is 1.31. The number of nitrogens with zero attached hydrogens (tertiary/aromatic N) is 1. The van der Waals surface area contributed by atoms with E-state index in [1.807, 2.05) is 26.0 Å². The smallest absolute Gasteiger partial charge is 0.176 e. The quantitative estimate of drug-likeness (QED) is 0.698. The highest BCUT2D eigenvalue weighted by Crippen LogP contribution is 2.18. The largest absolute Gasteiger partial charge is 0.337 e. The van der Waals surface area contributed by atoms with Crippen molar-refractivity contribution >= 4 is 16.8 Å². The molecule has 0 unspecified atom stereocenters. The average molecular weight is 188 g/mol. The minimum absolute atomic E-state index is 0.0417. The Kier molecular flexibility index (Phi) is 1.88. The van der Waals surface area contributed by atoms with Crippen LogP contribution >= 0.6 is 0 Å². The summed E-state index contributed by atoms with van der Waals surface area (Å²) in [5, 5.41) is 1.03. The van der Waals surface area contributed by atoms with Crippen molar-refractivity contribution in [2.45, 2.75) is 20.8 Å². The van der Waals surface area contributed by atoms with E-state index >= 15 is 0 Å². The van der Waals surface area contributed by atoms with E-state index in [9.17, 15) is 4.79 Å². The SMILES string of the molecule is CC(=O)c1cc2c(C)cc(C)nc2[nH]1. The molecule has 0 aromatic carbocycles. The molecule has 0 spiro atoms. The Bertz CT molecular complexity index is 511. The summed E-state index contributed by atoms with van der Waals surface area (Å²) in [6, 6.07) is 3.87. The number of aromatic nitrogens is 2. The van der Waals surface area contributed by atoms with Gasteiger partial charge in [0.15, 0.2) is 5.78 Å². The Morgan fingerprint density at radius 3 is 2.71 bits per heavy atom. The zero-order valence-electron chi connectivity index (χ0n) is 8.51. The van der Waals surface area contributed by atoms with Crippen LogP contribution in [0.2, 0.25) is 0 Å². The van der Waals surface area contributed by atoms with Crippen molar-refractivity contribution in [1.82, 2.24) is 9.97 Å². The van der Waals surface area contributed by atoms with Gasteiger partial charge in [0.25, 0.3) is 0 Å². The molecule has 72 valence electrons. The minimum atomic E-state index is 0.0417. The molecule has 0 fully saturated rings. The van der Waals surface area contributed by atoms with E-state index in [4.69, 9.17) is 0 Å². The molecule has 2 aromatic heterocycles.